The number of carbonyl (C=O) groups excluding carboxylic acids is 1. The summed E-state index contributed by atoms with van der Waals surface area (Å²) in [6, 6.07) is 15.5. The Labute approximate surface area is 191 Å². The van der Waals surface area contributed by atoms with Crippen LogP contribution in [-0.4, -0.2) is 29.7 Å². The van der Waals surface area contributed by atoms with E-state index < -0.39 is 20.0 Å². The quantitative estimate of drug-likeness (QED) is 0.454. The molecule has 8 nitrogen and oxygen atoms in total. The van der Waals surface area contributed by atoms with Crippen molar-refractivity contribution in [3.05, 3.63) is 77.3 Å². The highest BCUT2D eigenvalue weighted by Gasteiger charge is 2.22. The van der Waals surface area contributed by atoms with Gasteiger partial charge in [-0.3, -0.25) is 14.2 Å². The number of para-hydroxylation sites is 1. The number of anilines is 2. The molecule has 0 aliphatic rings. The molecule has 0 bridgehead atoms. The normalized spacial score (nSPS) is 11.6. The van der Waals surface area contributed by atoms with Crippen LogP contribution in [0.3, 0.4) is 0 Å². The van der Waals surface area contributed by atoms with Gasteiger partial charge in [-0.2, -0.15) is 0 Å². The molecule has 0 aliphatic heterocycles. The summed E-state index contributed by atoms with van der Waals surface area (Å²) < 4.78 is 61.3. The third-order valence-corrected chi connectivity index (χ3v) is 7.45. The highest BCUT2D eigenvalue weighted by Crippen LogP contribution is 2.31. The standard InChI is InChI=1S/C21H19ClN2O6S2/c1-14(25)15-6-5-7-16(12-15)31(26,27)24-20-13-17(10-11-21(20)30-2)32(28,29)23-19-9-4-3-8-18(19)22/h3-13,23-24H,1-2H3. The summed E-state index contributed by atoms with van der Waals surface area (Å²) in [7, 11) is -6.92. The molecule has 0 fully saturated rings. The van der Waals surface area contributed by atoms with Crippen molar-refractivity contribution >= 4 is 48.8 Å². The molecule has 0 aliphatic carbocycles. The van der Waals surface area contributed by atoms with Gasteiger partial charge in [-0.25, -0.2) is 16.8 Å². The lowest BCUT2D eigenvalue weighted by molar-refractivity contribution is 0.101. The lowest BCUT2D eigenvalue weighted by atomic mass is 10.2. The molecule has 168 valence electrons. The van der Waals surface area contributed by atoms with E-state index in [4.69, 9.17) is 16.3 Å². The zero-order valence-electron chi connectivity index (χ0n) is 17.0. The maximum Gasteiger partial charge on any atom is 0.262 e. The molecule has 0 atom stereocenters. The van der Waals surface area contributed by atoms with Crippen molar-refractivity contribution in [2.75, 3.05) is 16.6 Å². The van der Waals surface area contributed by atoms with Crippen LogP contribution in [-0.2, 0) is 20.0 Å². The fourth-order valence-electron chi connectivity index (χ4n) is 2.77. The number of ether oxygens (including phenoxy) is 1. The first kappa shape index (κ1) is 23.6. The van der Waals surface area contributed by atoms with Gasteiger partial charge in [-0.1, -0.05) is 35.9 Å². The first-order chi connectivity index (χ1) is 15.0. The molecule has 32 heavy (non-hydrogen) atoms. The van der Waals surface area contributed by atoms with Crippen LogP contribution < -0.4 is 14.2 Å². The second-order valence-electron chi connectivity index (χ2n) is 6.64. The van der Waals surface area contributed by atoms with Gasteiger partial charge < -0.3 is 4.74 Å². The predicted molar refractivity (Wildman–Crippen MR) is 123 cm³/mol. The van der Waals surface area contributed by atoms with E-state index in [-0.39, 0.29) is 43.3 Å². The summed E-state index contributed by atoms with van der Waals surface area (Å²) in [5.41, 5.74) is 0.302. The lowest BCUT2D eigenvalue weighted by Crippen LogP contribution is -2.16. The molecule has 0 saturated carbocycles. The number of Topliss-reactive ketones (excluding diaryl/α,β-unsaturated/α-hetero) is 1. The van der Waals surface area contributed by atoms with Crippen LogP contribution in [0.2, 0.25) is 5.02 Å². The smallest absolute Gasteiger partial charge is 0.262 e. The Morgan fingerprint density at radius 3 is 2.06 bits per heavy atom. The van der Waals surface area contributed by atoms with Crippen molar-refractivity contribution in [3.63, 3.8) is 0 Å². The van der Waals surface area contributed by atoms with Crippen molar-refractivity contribution in [3.8, 4) is 5.75 Å². The monoisotopic (exact) mass is 494 g/mol. The summed E-state index contributed by atoms with van der Waals surface area (Å²) in [5.74, 6) is -0.189. The van der Waals surface area contributed by atoms with Gasteiger partial charge >= 0.3 is 0 Å². The highest BCUT2D eigenvalue weighted by atomic mass is 35.5. The maximum atomic E-state index is 12.9. The van der Waals surface area contributed by atoms with Gasteiger partial charge in [0.2, 0.25) is 0 Å². The second-order valence-corrected chi connectivity index (χ2v) is 10.4. The van der Waals surface area contributed by atoms with Gasteiger partial charge in [-0.15, -0.1) is 0 Å². The van der Waals surface area contributed by atoms with Crippen LogP contribution in [0.15, 0.2) is 76.5 Å². The van der Waals surface area contributed by atoms with Crippen LogP contribution in [0, 0.1) is 0 Å². The van der Waals surface area contributed by atoms with Gasteiger partial charge in [0.05, 0.1) is 33.3 Å². The first-order valence-electron chi connectivity index (χ1n) is 9.13. The maximum absolute atomic E-state index is 12.9. The Balaban J connectivity index is 1.99. The van der Waals surface area contributed by atoms with E-state index in [0.717, 1.165) is 6.07 Å². The van der Waals surface area contributed by atoms with Gasteiger partial charge in [-0.05, 0) is 49.4 Å². The summed E-state index contributed by atoms with van der Waals surface area (Å²) in [5, 5.41) is 0.205. The van der Waals surface area contributed by atoms with Crippen molar-refractivity contribution in [2.24, 2.45) is 0 Å². The molecule has 0 saturated heterocycles. The molecular weight excluding hydrogens is 476 g/mol. The Bertz CT molecular complexity index is 1390. The molecule has 3 aromatic carbocycles. The molecular formula is C21H19ClN2O6S2. The Morgan fingerprint density at radius 1 is 0.812 bits per heavy atom. The summed E-state index contributed by atoms with van der Waals surface area (Å²) in [4.78, 5) is 11.2. The lowest BCUT2D eigenvalue weighted by Gasteiger charge is -2.15. The van der Waals surface area contributed by atoms with Gasteiger partial charge in [0.15, 0.2) is 5.78 Å². The number of hydrogen-bond donors (Lipinski definition) is 2. The number of carbonyl (C=O) groups is 1. The average molecular weight is 495 g/mol. The zero-order chi connectivity index (χ0) is 23.5. The number of nitrogens with one attached hydrogen (secondary N) is 2. The number of hydrogen-bond acceptors (Lipinski definition) is 6. The number of halogens is 1. The summed E-state index contributed by atoms with van der Waals surface area (Å²) in [6.07, 6.45) is 0. The van der Waals surface area contributed by atoms with Gasteiger partial charge in [0, 0.05) is 5.56 Å². The third kappa shape index (κ3) is 5.21. The Morgan fingerprint density at radius 2 is 1.44 bits per heavy atom. The Kier molecular flexibility index (Phi) is 6.77. The van der Waals surface area contributed by atoms with Crippen LogP contribution in [0.4, 0.5) is 11.4 Å². The number of ketones is 1. The third-order valence-electron chi connectivity index (χ3n) is 4.39. The van der Waals surface area contributed by atoms with Crippen molar-refractivity contribution in [1.29, 1.82) is 0 Å². The van der Waals surface area contributed by atoms with Crippen LogP contribution in [0.25, 0.3) is 0 Å². The number of rotatable bonds is 8. The molecule has 0 amide bonds. The van der Waals surface area contributed by atoms with E-state index in [1.807, 2.05) is 0 Å². The van der Waals surface area contributed by atoms with Crippen LogP contribution in [0.5, 0.6) is 5.75 Å². The van der Waals surface area contributed by atoms with E-state index in [1.165, 1.54) is 62.6 Å². The minimum atomic E-state index is -4.15. The number of sulfonamides is 2. The number of methoxy groups -OCH3 is 1. The average Bonchev–Trinajstić information content (AvgIpc) is 2.75. The molecule has 0 unspecified atom stereocenters. The molecule has 3 aromatic rings. The second kappa shape index (κ2) is 9.19. The van der Waals surface area contributed by atoms with Gasteiger partial charge in [0.25, 0.3) is 20.0 Å². The highest BCUT2D eigenvalue weighted by molar-refractivity contribution is 7.93. The van der Waals surface area contributed by atoms with Crippen molar-refractivity contribution in [1.82, 2.24) is 0 Å². The van der Waals surface area contributed by atoms with E-state index in [9.17, 15) is 21.6 Å². The molecule has 11 heteroatoms. The van der Waals surface area contributed by atoms with E-state index in [2.05, 4.69) is 9.44 Å². The van der Waals surface area contributed by atoms with Crippen molar-refractivity contribution < 1.29 is 26.4 Å². The Hall–Kier alpha value is -3.08. The fourth-order valence-corrected chi connectivity index (χ4v) is 5.22. The minimum Gasteiger partial charge on any atom is -0.495 e. The first-order valence-corrected chi connectivity index (χ1v) is 12.5. The van der Waals surface area contributed by atoms with Gasteiger partial charge in [0.1, 0.15) is 5.75 Å². The van der Waals surface area contributed by atoms with E-state index in [0.29, 0.717) is 0 Å². The predicted octanol–water partition coefficient (Wildman–Crippen LogP) is 4.15. The molecule has 2 N–H and O–H groups in total. The molecule has 0 aromatic heterocycles. The molecule has 3 rings (SSSR count). The van der Waals surface area contributed by atoms with E-state index in [1.54, 1.807) is 12.1 Å². The van der Waals surface area contributed by atoms with Crippen LogP contribution in [0.1, 0.15) is 17.3 Å². The minimum absolute atomic E-state index is 0.0947. The number of benzene rings is 3. The molecule has 0 radical (unpaired) electrons. The molecule has 0 heterocycles. The fraction of sp³-hybridized carbons (Fsp3) is 0.0952. The largest absolute Gasteiger partial charge is 0.495 e. The summed E-state index contributed by atoms with van der Waals surface area (Å²) >= 11 is 6.02. The van der Waals surface area contributed by atoms with E-state index >= 15 is 0 Å². The zero-order valence-corrected chi connectivity index (χ0v) is 19.4. The van der Waals surface area contributed by atoms with Crippen LogP contribution >= 0.6 is 11.6 Å². The SMILES string of the molecule is COc1ccc(S(=O)(=O)Nc2ccccc2Cl)cc1NS(=O)(=O)c1cccc(C(C)=O)c1. The van der Waals surface area contributed by atoms with Crippen molar-refractivity contribution in [2.45, 2.75) is 16.7 Å². The molecule has 0 spiro atoms. The summed E-state index contributed by atoms with van der Waals surface area (Å²) in [6.45, 7) is 1.32. The topological polar surface area (TPSA) is 119 Å².